The highest BCUT2D eigenvalue weighted by atomic mass is 16.5. The van der Waals surface area contributed by atoms with E-state index in [0.717, 1.165) is 31.6 Å². The Hall–Kier alpha value is -0.910. The van der Waals surface area contributed by atoms with E-state index in [1.807, 2.05) is 10.9 Å². The van der Waals surface area contributed by atoms with E-state index in [4.69, 9.17) is 10.6 Å². The van der Waals surface area contributed by atoms with Crippen molar-refractivity contribution in [3.8, 4) is 0 Å². The van der Waals surface area contributed by atoms with Crippen molar-refractivity contribution in [2.45, 2.75) is 51.3 Å². The molecule has 1 saturated heterocycles. The van der Waals surface area contributed by atoms with Gasteiger partial charge < -0.3 is 4.74 Å². The summed E-state index contributed by atoms with van der Waals surface area (Å²) in [7, 11) is 0. The van der Waals surface area contributed by atoms with Crippen molar-refractivity contribution in [3.05, 3.63) is 18.0 Å². The minimum Gasteiger partial charge on any atom is -0.377 e. The Bertz CT molecular complexity index is 344. The second-order valence-electron chi connectivity index (χ2n) is 4.91. The van der Waals surface area contributed by atoms with E-state index in [0.29, 0.717) is 6.04 Å². The Labute approximate surface area is 102 Å². The summed E-state index contributed by atoms with van der Waals surface area (Å²) in [4.78, 5) is 0. The largest absolute Gasteiger partial charge is 0.377 e. The molecular weight excluding hydrogens is 216 g/mol. The zero-order valence-electron chi connectivity index (χ0n) is 10.6. The van der Waals surface area contributed by atoms with E-state index in [1.54, 1.807) is 0 Å². The highest BCUT2D eigenvalue weighted by molar-refractivity contribution is 5.03. The second-order valence-corrected chi connectivity index (χ2v) is 4.91. The number of rotatable bonds is 5. The summed E-state index contributed by atoms with van der Waals surface area (Å²) >= 11 is 0. The maximum absolute atomic E-state index is 5.66. The number of nitrogens with one attached hydrogen (secondary N) is 1. The third-order valence-electron chi connectivity index (χ3n) is 3.25. The van der Waals surface area contributed by atoms with Crippen LogP contribution < -0.4 is 11.3 Å². The number of nitrogens with zero attached hydrogens (tertiary/aromatic N) is 2. The fourth-order valence-electron chi connectivity index (χ4n) is 2.22. The molecule has 5 heteroatoms. The third kappa shape index (κ3) is 3.06. The monoisotopic (exact) mass is 238 g/mol. The van der Waals surface area contributed by atoms with E-state index in [2.05, 4.69) is 30.4 Å². The fourth-order valence-corrected chi connectivity index (χ4v) is 2.22. The summed E-state index contributed by atoms with van der Waals surface area (Å²) in [6, 6.07) is 2.61. The molecule has 0 spiro atoms. The quantitative estimate of drug-likeness (QED) is 0.594. The number of hydrogen-bond donors (Lipinski definition) is 2. The van der Waals surface area contributed by atoms with Crippen LogP contribution in [0.4, 0.5) is 0 Å². The van der Waals surface area contributed by atoms with E-state index in [1.165, 1.54) is 0 Å². The number of ether oxygens (including phenoxy) is 1. The summed E-state index contributed by atoms with van der Waals surface area (Å²) in [6.45, 7) is 5.09. The molecule has 3 N–H and O–H groups in total. The molecule has 2 rings (SSSR count). The van der Waals surface area contributed by atoms with Crippen molar-refractivity contribution < 1.29 is 4.74 Å². The lowest BCUT2D eigenvalue weighted by molar-refractivity contribution is 0.0781. The Morgan fingerprint density at radius 2 is 2.47 bits per heavy atom. The van der Waals surface area contributed by atoms with Crippen LogP contribution >= 0.6 is 0 Å². The van der Waals surface area contributed by atoms with Gasteiger partial charge in [0.2, 0.25) is 0 Å². The van der Waals surface area contributed by atoms with Crippen LogP contribution in [-0.2, 0) is 11.2 Å². The summed E-state index contributed by atoms with van der Waals surface area (Å²) in [5.74, 6) is 5.60. The van der Waals surface area contributed by atoms with Crippen molar-refractivity contribution in [2.75, 3.05) is 6.61 Å². The molecule has 1 aromatic heterocycles. The lowest BCUT2D eigenvalue weighted by Crippen LogP contribution is -2.45. The van der Waals surface area contributed by atoms with Crippen LogP contribution in [0.3, 0.4) is 0 Å². The molecule has 2 unspecified atom stereocenters. The number of hydrazine groups is 1. The van der Waals surface area contributed by atoms with Gasteiger partial charge in [-0.05, 0) is 32.8 Å². The third-order valence-corrected chi connectivity index (χ3v) is 3.25. The smallest absolute Gasteiger partial charge is 0.0746 e. The zero-order valence-corrected chi connectivity index (χ0v) is 10.6. The molecule has 0 aromatic carbocycles. The first-order valence-electron chi connectivity index (χ1n) is 6.32. The highest BCUT2D eigenvalue weighted by Gasteiger charge is 2.25. The van der Waals surface area contributed by atoms with Crippen molar-refractivity contribution in [2.24, 2.45) is 5.84 Å². The first-order valence-corrected chi connectivity index (χ1v) is 6.32. The summed E-state index contributed by atoms with van der Waals surface area (Å²) in [5, 5.41) is 4.53. The van der Waals surface area contributed by atoms with E-state index >= 15 is 0 Å². The molecule has 1 aliphatic heterocycles. The first kappa shape index (κ1) is 12.5. The zero-order chi connectivity index (χ0) is 12.3. The Morgan fingerprint density at radius 3 is 3.00 bits per heavy atom. The van der Waals surface area contributed by atoms with Gasteiger partial charge in [0.15, 0.2) is 0 Å². The maximum Gasteiger partial charge on any atom is 0.0746 e. The molecular formula is C12H22N4O. The van der Waals surface area contributed by atoms with Gasteiger partial charge in [-0.2, -0.15) is 5.10 Å². The summed E-state index contributed by atoms with van der Waals surface area (Å²) in [6.07, 6.45) is 5.27. The highest BCUT2D eigenvalue weighted by Crippen LogP contribution is 2.18. The van der Waals surface area contributed by atoms with Crippen molar-refractivity contribution in [1.82, 2.24) is 15.2 Å². The van der Waals surface area contributed by atoms with Crippen molar-refractivity contribution >= 4 is 0 Å². The number of aromatic nitrogens is 2. The minimum atomic E-state index is 0.160. The molecule has 5 nitrogen and oxygen atoms in total. The predicted octanol–water partition coefficient (Wildman–Crippen LogP) is 1.02. The van der Waals surface area contributed by atoms with Gasteiger partial charge in [-0.25, -0.2) is 0 Å². The van der Waals surface area contributed by atoms with E-state index in [-0.39, 0.29) is 12.1 Å². The average molecular weight is 238 g/mol. The van der Waals surface area contributed by atoms with Gasteiger partial charge in [0.05, 0.1) is 17.8 Å². The molecule has 0 saturated carbocycles. The Balaban J connectivity index is 1.97. The molecule has 96 valence electrons. The lowest BCUT2D eigenvalue weighted by atomic mass is 10.0. The summed E-state index contributed by atoms with van der Waals surface area (Å²) < 4.78 is 7.63. The van der Waals surface area contributed by atoms with E-state index < -0.39 is 0 Å². The Kier molecular flexibility index (Phi) is 4.15. The fraction of sp³-hybridized carbons (Fsp3) is 0.750. The van der Waals surface area contributed by atoms with Crippen LogP contribution in [0.1, 0.15) is 38.4 Å². The number of hydrogen-bond acceptors (Lipinski definition) is 4. The SMILES string of the molecule is CC(C)n1ccc(CC(NN)C2CCCO2)n1. The van der Waals surface area contributed by atoms with Crippen LogP contribution in [-0.4, -0.2) is 28.5 Å². The van der Waals surface area contributed by atoms with E-state index in [9.17, 15) is 0 Å². The first-order chi connectivity index (χ1) is 8.20. The van der Waals surface area contributed by atoms with Crippen molar-refractivity contribution in [1.29, 1.82) is 0 Å². The molecule has 0 amide bonds. The molecule has 0 bridgehead atoms. The molecule has 17 heavy (non-hydrogen) atoms. The van der Waals surface area contributed by atoms with Crippen LogP contribution in [0.2, 0.25) is 0 Å². The minimum absolute atomic E-state index is 0.160. The molecule has 1 aliphatic rings. The van der Waals surface area contributed by atoms with Gasteiger partial charge in [0.1, 0.15) is 0 Å². The van der Waals surface area contributed by atoms with Gasteiger partial charge in [-0.3, -0.25) is 16.0 Å². The van der Waals surface area contributed by atoms with Gasteiger partial charge in [0.25, 0.3) is 0 Å². The Morgan fingerprint density at radius 1 is 1.65 bits per heavy atom. The number of nitrogens with two attached hydrogens (primary N) is 1. The summed E-state index contributed by atoms with van der Waals surface area (Å²) in [5.41, 5.74) is 3.92. The molecule has 1 aromatic rings. The molecule has 0 radical (unpaired) electrons. The van der Waals surface area contributed by atoms with Crippen LogP contribution in [0.15, 0.2) is 12.3 Å². The van der Waals surface area contributed by atoms with Gasteiger partial charge in [-0.1, -0.05) is 0 Å². The van der Waals surface area contributed by atoms with Gasteiger partial charge >= 0.3 is 0 Å². The molecule has 1 fully saturated rings. The van der Waals surface area contributed by atoms with Crippen LogP contribution in [0.5, 0.6) is 0 Å². The van der Waals surface area contributed by atoms with Gasteiger partial charge in [-0.15, -0.1) is 0 Å². The average Bonchev–Trinajstić information content (AvgIpc) is 2.96. The normalized spacial score (nSPS) is 22.2. The topological polar surface area (TPSA) is 65.1 Å². The standard InChI is InChI=1S/C12H22N4O/c1-9(2)16-6-5-10(15-16)8-11(14-13)12-4-3-7-17-12/h5-6,9,11-12,14H,3-4,7-8,13H2,1-2H3. The molecule has 2 heterocycles. The maximum atomic E-state index is 5.66. The predicted molar refractivity (Wildman–Crippen MR) is 66.4 cm³/mol. The second kappa shape index (κ2) is 5.62. The van der Waals surface area contributed by atoms with Gasteiger partial charge in [0, 0.05) is 25.3 Å². The lowest BCUT2D eigenvalue weighted by Gasteiger charge is -2.21. The molecule has 0 aliphatic carbocycles. The molecule has 2 atom stereocenters. The van der Waals surface area contributed by atoms with Crippen LogP contribution in [0, 0.1) is 0 Å². The van der Waals surface area contributed by atoms with Crippen molar-refractivity contribution in [3.63, 3.8) is 0 Å². The van der Waals surface area contributed by atoms with Crippen LogP contribution in [0.25, 0.3) is 0 Å².